The number of halogens is 3. The van der Waals surface area contributed by atoms with Crippen LogP contribution in [-0.2, 0) is 6.18 Å². The molecule has 9 nitrogen and oxygen atoms in total. The third kappa shape index (κ3) is 5.32. The number of hydrogen-bond acceptors (Lipinski definition) is 7. The normalized spacial score (nSPS) is 11.2. The summed E-state index contributed by atoms with van der Waals surface area (Å²) in [7, 11) is 1.49. The Kier molecular flexibility index (Phi) is 6.28. The fourth-order valence-corrected chi connectivity index (χ4v) is 3.19. The molecule has 2 aromatic carbocycles. The van der Waals surface area contributed by atoms with Gasteiger partial charge in [-0.3, -0.25) is 19.9 Å². The first kappa shape index (κ1) is 23.5. The molecule has 0 bridgehead atoms. The molecule has 2 heterocycles. The van der Waals surface area contributed by atoms with Crippen molar-refractivity contribution in [2.45, 2.75) is 13.1 Å². The van der Waals surface area contributed by atoms with E-state index in [1.807, 2.05) is 0 Å². The van der Waals surface area contributed by atoms with Gasteiger partial charge in [-0.2, -0.15) is 13.2 Å². The number of alkyl halides is 3. The van der Waals surface area contributed by atoms with Crippen LogP contribution in [-0.4, -0.2) is 39.0 Å². The van der Waals surface area contributed by atoms with Gasteiger partial charge in [0.25, 0.3) is 11.8 Å². The molecule has 0 atom stereocenters. The maximum Gasteiger partial charge on any atom is 0.416 e. The van der Waals surface area contributed by atoms with Gasteiger partial charge >= 0.3 is 6.18 Å². The molecule has 0 radical (unpaired) electrons. The van der Waals surface area contributed by atoms with E-state index >= 15 is 0 Å². The van der Waals surface area contributed by atoms with Crippen LogP contribution in [0.4, 0.5) is 19.1 Å². The van der Waals surface area contributed by atoms with E-state index in [2.05, 4.69) is 30.8 Å². The van der Waals surface area contributed by atoms with E-state index in [0.717, 1.165) is 18.2 Å². The molecule has 0 aliphatic carbocycles. The number of anilines is 1. The standard InChI is InChI=1S/C23H17F3N6O3/c1-12-9-13(3-5-16(12)23(24,25)26)20(33)30-22-29-18-10-14(4-6-17(18)31-32-22)35-15-7-8-28-19(11-15)21(34)27-2/h3-11H,1-2H3,(H,27,34)(H,29,30,32,33). The van der Waals surface area contributed by atoms with Gasteiger partial charge in [0.2, 0.25) is 5.95 Å². The van der Waals surface area contributed by atoms with Crippen molar-refractivity contribution in [3.8, 4) is 11.5 Å². The number of hydrogen-bond donors (Lipinski definition) is 2. The second-order valence-corrected chi connectivity index (χ2v) is 7.33. The number of fused-ring (bicyclic) bond motifs is 1. The Morgan fingerprint density at radius 1 is 0.914 bits per heavy atom. The zero-order valence-corrected chi connectivity index (χ0v) is 18.3. The number of carbonyl (C=O) groups excluding carboxylic acids is 2. The monoisotopic (exact) mass is 482 g/mol. The third-order valence-corrected chi connectivity index (χ3v) is 4.87. The lowest BCUT2D eigenvalue weighted by molar-refractivity contribution is -0.138. The molecule has 4 rings (SSSR count). The van der Waals surface area contributed by atoms with Crippen LogP contribution in [0.15, 0.2) is 54.7 Å². The number of aromatic nitrogens is 4. The number of carbonyl (C=O) groups is 2. The van der Waals surface area contributed by atoms with Crippen LogP contribution >= 0.6 is 0 Å². The number of pyridine rings is 1. The van der Waals surface area contributed by atoms with Crippen LogP contribution in [0.3, 0.4) is 0 Å². The van der Waals surface area contributed by atoms with Crippen LogP contribution in [0.25, 0.3) is 11.0 Å². The summed E-state index contributed by atoms with van der Waals surface area (Å²) in [4.78, 5) is 32.5. The SMILES string of the molecule is CNC(=O)c1cc(Oc2ccc3nnc(NC(=O)c4ccc(C(F)(F)F)c(C)c4)nc3c2)ccn1. The maximum atomic E-state index is 13.0. The number of nitrogens with zero attached hydrogens (tertiary/aromatic N) is 4. The number of ether oxygens (including phenoxy) is 1. The van der Waals surface area contributed by atoms with Gasteiger partial charge in [-0.15, -0.1) is 10.2 Å². The lowest BCUT2D eigenvalue weighted by Crippen LogP contribution is -2.18. The van der Waals surface area contributed by atoms with E-state index in [1.54, 1.807) is 24.3 Å². The lowest BCUT2D eigenvalue weighted by atomic mass is 10.0. The summed E-state index contributed by atoms with van der Waals surface area (Å²) in [6.45, 7) is 1.27. The van der Waals surface area contributed by atoms with Gasteiger partial charge in [-0.1, -0.05) is 0 Å². The minimum absolute atomic E-state index is 0.0147. The van der Waals surface area contributed by atoms with Gasteiger partial charge in [0, 0.05) is 30.9 Å². The van der Waals surface area contributed by atoms with Crippen LogP contribution < -0.4 is 15.4 Å². The molecule has 4 aromatic rings. The first-order chi connectivity index (χ1) is 16.6. The summed E-state index contributed by atoms with van der Waals surface area (Å²) >= 11 is 0. The van der Waals surface area contributed by atoms with Gasteiger partial charge in [0.05, 0.1) is 11.1 Å². The van der Waals surface area contributed by atoms with Crippen molar-refractivity contribution in [3.63, 3.8) is 0 Å². The van der Waals surface area contributed by atoms with Crippen molar-refractivity contribution in [3.05, 3.63) is 77.1 Å². The first-order valence-electron chi connectivity index (χ1n) is 10.1. The van der Waals surface area contributed by atoms with Gasteiger partial charge in [0.15, 0.2) is 0 Å². The Balaban J connectivity index is 1.54. The molecule has 0 aliphatic heterocycles. The molecule has 0 saturated carbocycles. The summed E-state index contributed by atoms with van der Waals surface area (Å²) < 4.78 is 44.7. The Hall–Kier alpha value is -4.61. The maximum absolute atomic E-state index is 13.0. The zero-order chi connectivity index (χ0) is 25.2. The van der Waals surface area contributed by atoms with Crippen molar-refractivity contribution < 1.29 is 27.5 Å². The molecular weight excluding hydrogens is 465 g/mol. The molecule has 12 heteroatoms. The highest BCUT2D eigenvalue weighted by molar-refractivity contribution is 6.03. The second kappa shape index (κ2) is 9.33. The molecule has 35 heavy (non-hydrogen) atoms. The number of aryl methyl sites for hydroxylation is 1. The van der Waals surface area contributed by atoms with E-state index in [-0.39, 0.29) is 28.7 Å². The molecule has 0 fully saturated rings. The smallest absolute Gasteiger partial charge is 0.416 e. The topological polar surface area (TPSA) is 119 Å². The minimum Gasteiger partial charge on any atom is -0.457 e. The molecule has 178 valence electrons. The fourth-order valence-electron chi connectivity index (χ4n) is 3.19. The molecule has 2 aromatic heterocycles. The molecule has 2 N–H and O–H groups in total. The minimum atomic E-state index is -4.51. The van der Waals surface area contributed by atoms with E-state index < -0.39 is 17.6 Å². The molecule has 0 unspecified atom stereocenters. The summed E-state index contributed by atoms with van der Waals surface area (Å²) in [5.41, 5.74) is 0.0553. The Bertz CT molecular complexity index is 1440. The quantitative estimate of drug-likeness (QED) is 0.439. The predicted octanol–water partition coefficient (Wildman–Crippen LogP) is 4.15. The lowest BCUT2D eigenvalue weighted by Gasteiger charge is -2.11. The van der Waals surface area contributed by atoms with Crippen molar-refractivity contribution in [1.29, 1.82) is 0 Å². The van der Waals surface area contributed by atoms with E-state index in [9.17, 15) is 22.8 Å². The number of rotatable bonds is 5. The second-order valence-electron chi connectivity index (χ2n) is 7.33. The summed E-state index contributed by atoms with van der Waals surface area (Å²) in [6.07, 6.45) is -3.08. The van der Waals surface area contributed by atoms with Crippen molar-refractivity contribution in [2.24, 2.45) is 0 Å². The summed E-state index contributed by atoms with van der Waals surface area (Å²) in [5, 5.41) is 12.7. The highest BCUT2D eigenvalue weighted by Crippen LogP contribution is 2.32. The molecule has 0 saturated heterocycles. The number of nitrogens with one attached hydrogen (secondary N) is 2. The highest BCUT2D eigenvalue weighted by atomic mass is 19.4. The third-order valence-electron chi connectivity index (χ3n) is 4.87. The van der Waals surface area contributed by atoms with E-state index in [4.69, 9.17) is 4.74 Å². The van der Waals surface area contributed by atoms with Gasteiger partial charge < -0.3 is 10.1 Å². The van der Waals surface area contributed by atoms with Crippen molar-refractivity contribution >= 4 is 28.8 Å². The van der Waals surface area contributed by atoms with Crippen molar-refractivity contribution in [2.75, 3.05) is 12.4 Å². The Morgan fingerprint density at radius 2 is 1.69 bits per heavy atom. The summed E-state index contributed by atoms with van der Waals surface area (Å²) in [6, 6.07) is 10.9. The fraction of sp³-hybridized carbons (Fsp3) is 0.130. The highest BCUT2D eigenvalue weighted by Gasteiger charge is 2.32. The van der Waals surface area contributed by atoms with Crippen molar-refractivity contribution in [1.82, 2.24) is 25.5 Å². The Morgan fingerprint density at radius 3 is 2.40 bits per heavy atom. The Labute approximate surface area is 196 Å². The predicted molar refractivity (Wildman–Crippen MR) is 119 cm³/mol. The summed E-state index contributed by atoms with van der Waals surface area (Å²) in [5.74, 6) is -0.444. The average Bonchev–Trinajstić information content (AvgIpc) is 2.82. The molecular formula is C23H17F3N6O3. The van der Waals surface area contributed by atoms with E-state index in [0.29, 0.717) is 22.5 Å². The van der Waals surface area contributed by atoms with Crippen LogP contribution in [0.2, 0.25) is 0 Å². The van der Waals surface area contributed by atoms with Gasteiger partial charge in [0.1, 0.15) is 22.7 Å². The van der Waals surface area contributed by atoms with Crippen LogP contribution in [0, 0.1) is 6.92 Å². The van der Waals surface area contributed by atoms with Gasteiger partial charge in [-0.25, -0.2) is 4.98 Å². The zero-order valence-electron chi connectivity index (χ0n) is 18.3. The van der Waals surface area contributed by atoms with Gasteiger partial charge in [-0.05, 0) is 48.9 Å². The molecule has 0 aliphatic rings. The van der Waals surface area contributed by atoms with E-state index in [1.165, 1.54) is 26.2 Å². The molecule has 2 amide bonds. The van der Waals surface area contributed by atoms with Crippen LogP contribution in [0.1, 0.15) is 32.0 Å². The number of benzene rings is 2. The van der Waals surface area contributed by atoms with Crippen LogP contribution in [0.5, 0.6) is 11.5 Å². The number of amides is 2. The molecule has 0 spiro atoms. The average molecular weight is 482 g/mol. The largest absolute Gasteiger partial charge is 0.457 e. The first-order valence-corrected chi connectivity index (χ1v) is 10.1.